The number of alkyl carbamates (subject to hydrolysis) is 1. The van der Waals surface area contributed by atoms with Gasteiger partial charge in [0.25, 0.3) is 5.91 Å². The zero-order chi connectivity index (χ0) is 35.0. The van der Waals surface area contributed by atoms with E-state index in [1.165, 1.54) is 4.90 Å². The standard InChI is InChI=1S/C34H45N5O9S/c1-33(2,3)48-32(43)36-26-20-46-16-8-4-5-10-22-18-34(22,31(42)38-49(44,45)24-12-13-24)37-28(40)27-17-23(19-39(27)30(26)41)47-29-25-11-7-6-9-21(25)14-15-35-29/h6-7,9,11,14-15,22-24,26-27H,4-5,8,10,12-13,16-20H2,1-3H3,(H,36,43)(H,37,40)(H,38,42)/t22-,23-,26+,27+,34-/m1/s1. The number of nitrogens with one attached hydrogen (secondary N) is 3. The Hall–Kier alpha value is -3.98. The topological polar surface area (TPSA) is 182 Å². The molecule has 15 heteroatoms. The molecule has 2 saturated heterocycles. The minimum Gasteiger partial charge on any atom is -0.472 e. The maximum absolute atomic E-state index is 14.3. The van der Waals surface area contributed by atoms with E-state index in [9.17, 15) is 27.6 Å². The van der Waals surface area contributed by atoms with Crippen LogP contribution in [0, 0.1) is 5.92 Å². The van der Waals surface area contributed by atoms with E-state index in [-0.39, 0.29) is 31.9 Å². The van der Waals surface area contributed by atoms with Crippen LogP contribution in [-0.2, 0) is 33.9 Å². The Kier molecular flexibility index (Phi) is 9.77. The van der Waals surface area contributed by atoms with Crippen molar-refractivity contribution >= 4 is 44.6 Å². The smallest absolute Gasteiger partial charge is 0.408 e. The van der Waals surface area contributed by atoms with Gasteiger partial charge in [0.15, 0.2) is 0 Å². The van der Waals surface area contributed by atoms with E-state index in [2.05, 4.69) is 20.3 Å². The van der Waals surface area contributed by atoms with Crippen molar-refractivity contribution in [2.45, 2.75) is 107 Å². The van der Waals surface area contributed by atoms with Crippen molar-refractivity contribution in [1.82, 2.24) is 25.2 Å². The fraction of sp³-hybridized carbons (Fsp3) is 0.618. The summed E-state index contributed by atoms with van der Waals surface area (Å²) < 4.78 is 45.4. The summed E-state index contributed by atoms with van der Waals surface area (Å²) in [5.74, 6) is -1.87. The van der Waals surface area contributed by atoms with Gasteiger partial charge in [-0.1, -0.05) is 31.0 Å². The quantitative estimate of drug-likeness (QED) is 0.405. The third-order valence-electron chi connectivity index (χ3n) is 9.43. The van der Waals surface area contributed by atoms with Gasteiger partial charge in [-0.3, -0.25) is 19.1 Å². The first-order chi connectivity index (χ1) is 23.3. The largest absolute Gasteiger partial charge is 0.472 e. The van der Waals surface area contributed by atoms with Crippen molar-refractivity contribution in [2.75, 3.05) is 19.8 Å². The number of rotatable bonds is 6. The molecule has 0 spiro atoms. The molecule has 49 heavy (non-hydrogen) atoms. The Morgan fingerprint density at radius 2 is 1.86 bits per heavy atom. The maximum atomic E-state index is 14.3. The van der Waals surface area contributed by atoms with E-state index in [1.807, 2.05) is 30.3 Å². The lowest BCUT2D eigenvalue weighted by Gasteiger charge is -2.30. The lowest BCUT2D eigenvalue weighted by atomic mass is 10.1. The van der Waals surface area contributed by atoms with Crippen LogP contribution in [0.1, 0.15) is 72.1 Å². The number of benzene rings is 1. The molecule has 4 fully saturated rings. The van der Waals surface area contributed by atoms with Crippen molar-refractivity contribution in [3.8, 4) is 5.88 Å². The van der Waals surface area contributed by atoms with Gasteiger partial charge in [-0.05, 0) is 76.3 Å². The van der Waals surface area contributed by atoms with Gasteiger partial charge in [0, 0.05) is 24.6 Å². The normalized spacial score (nSPS) is 28.3. The number of carbonyl (C=O) groups is 4. The molecule has 5 atom stereocenters. The van der Waals surface area contributed by atoms with Gasteiger partial charge in [-0.25, -0.2) is 18.2 Å². The molecule has 266 valence electrons. The molecule has 1 aromatic heterocycles. The fourth-order valence-electron chi connectivity index (χ4n) is 6.67. The summed E-state index contributed by atoms with van der Waals surface area (Å²) in [7, 11) is -3.86. The van der Waals surface area contributed by atoms with Crippen LogP contribution >= 0.6 is 0 Å². The third-order valence-corrected chi connectivity index (χ3v) is 11.3. The molecule has 6 rings (SSSR count). The van der Waals surface area contributed by atoms with Crippen LogP contribution in [0.25, 0.3) is 10.8 Å². The molecule has 14 nitrogen and oxygen atoms in total. The molecule has 0 radical (unpaired) electrons. The lowest BCUT2D eigenvalue weighted by molar-refractivity contribution is -0.142. The van der Waals surface area contributed by atoms with E-state index >= 15 is 0 Å². The molecule has 0 bridgehead atoms. The molecule has 1 aromatic carbocycles. The average Bonchev–Trinajstić information content (AvgIpc) is 3.96. The molecule has 2 saturated carbocycles. The van der Waals surface area contributed by atoms with Gasteiger partial charge in [0.05, 0.1) is 18.4 Å². The Morgan fingerprint density at radius 3 is 2.61 bits per heavy atom. The van der Waals surface area contributed by atoms with Gasteiger partial charge in [0.1, 0.15) is 29.3 Å². The van der Waals surface area contributed by atoms with Crippen LogP contribution in [0.4, 0.5) is 4.79 Å². The number of nitrogens with zero attached hydrogens (tertiary/aromatic N) is 2. The first-order valence-corrected chi connectivity index (χ1v) is 18.6. The zero-order valence-corrected chi connectivity index (χ0v) is 28.9. The second-order valence-electron chi connectivity index (χ2n) is 14.5. The number of pyridine rings is 1. The van der Waals surface area contributed by atoms with E-state index in [1.54, 1.807) is 27.0 Å². The Morgan fingerprint density at radius 1 is 1.08 bits per heavy atom. The molecule has 3 heterocycles. The van der Waals surface area contributed by atoms with E-state index < -0.39 is 68.4 Å². The van der Waals surface area contributed by atoms with Crippen LogP contribution in [0.5, 0.6) is 5.88 Å². The predicted molar refractivity (Wildman–Crippen MR) is 178 cm³/mol. The first kappa shape index (κ1) is 34.9. The first-order valence-electron chi connectivity index (χ1n) is 17.0. The Labute approximate surface area is 286 Å². The van der Waals surface area contributed by atoms with Crippen LogP contribution in [0.3, 0.4) is 0 Å². The number of sulfonamides is 1. The predicted octanol–water partition coefficient (Wildman–Crippen LogP) is 2.55. The highest BCUT2D eigenvalue weighted by Crippen LogP contribution is 2.48. The Balaban J connectivity index is 1.29. The minimum atomic E-state index is -3.86. The van der Waals surface area contributed by atoms with E-state index in [0.717, 1.165) is 23.6 Å². The molecule has 4 aliphatic rings. The lowest BCUT2D eigenvalue weighted by Crippen LogP contribution is -2.59. The highest BCUT2D eigenvalue weighted by Gasteiger charge is 2.62. The van der Waals surface area contributed by atoms with Crippen molar-refractivity contribution in [3.63, 3.8) is 0 Å². The Bertz CT molecular complexity index is 1700. The fourth-order valence-corrected chi connectivity index (χ4v) is 8.03. The molecule has 2 aliphatic heterocycles. The maximum Gasteiger partial charge on any atom is 0.408 e. The summed E-state index contributed by atoms with van der Waals surface area (Å²) >= 11 is 0. The van der Waals surface area contributed by atoms with Gasteiger partial charge in [-0.2, -0.15) is 0 Å². The molecule has 0 unspecified atom stereocenters. The molecule has 2 aliphatic carbocycles. The summed E-state index contributed by atoms with van der Waals surface area (Å²) in [4.78, 5) is 60.7. The summed E-state index contributed by atoms with van der Waals surface area (Å²) in [6, 6.07) is 7.11. The van der Waals surface area contributed by atoms with Crippen molar-refractivity contribution in [2.24, 2.45) is 5.92 Å². The monoisotopic (exact) mass is 699 g/mol. The number of hydrogen-bond acceptors (Lipinski definition) is 10. The number of hydrogen-bond donors (Lipinski definition) is 3. The molecular weight excluding hydrogens is 654 g/mol. The van der Waals surface area contributed by atoms with Gasteiger partial charge in [-0.15, -0.1) is 0 Å². The second-order valence-corrected chi connectivity index (χ2v) is 16.4. The summed E-state index contributed by atoms with van der Waals surface area (Å²) in [6.45, 7) is 5.28. The number of carbonyl (C=O) groups excluding carboxylic acids is 4. The average molecular weight is 700 g/mol. The third kappa shape index (κ3) is 8.09. The number of ether oxygens (including phenoxy) is 3. The van der Waals surface area contributed by atoms with Crippen molar-refractivity contribution < 1.29 is 41.8 Å². The highest BCUT2D eigenvalue weighted by atomic mass is 32.2. The van der Waals surface area contributed by atoms with Gasteiger partial charge < -0.3 is 29.7 Å². The zero-order valence-electron chi connectivity index (χ0n) is 28.1. The number of aromatic nitrogens is 1. The SMILES string of the molecule is CC(C)(C)OC(=O)N[C@H]1COCCCCC[C@@H]2C[C@@]2(C(=O)NS(=O)(=O)C2CC2)NC(=O)[C@@H]2C[C@@H](Oc3nccc4ccccc34)CN2C1=O. The second kappa shape index (κ2) is 13.7. The van der Waals surface area contributed by atoms with Crippen LogP contribution in [0.2, 0.25) is 0 Å². The molecular formula is C34H45N5O9S. The number of fused-ring (bicyclic) bond motifs is 3. The highest BCUT2D eigenvalue weighted by molar-refractivity contribution is 7.91. The molecule has 2 aromatic rings. The number of amides is 4. The summed E-state index contributed by atoms with van der Waals surface area (Å²) in [5.41, 5.74) is -2.24. The van der Waals surface area contributed by atoms with Crippen molar-refractivity contribution in [3.05, 3.63) is 36.5 Å². The van der Waals surface area contributed by atoms with Gasteiger partial charge >= 0.3 is 6.09 Å². The minimum absolute atomic E-state index is 0.0208. The summed E-state index contributed by atoms with van der Waals surface area (Å²) in [6.07, 6.45) is 4.21. The summed E-state index contributed by atoms with van der Waals surface area (Å²) in [5, 5.41) is 6.57. The van der Waals surface area contributed by atoms with E-state index in [4.69, 9.17) is 14.2 Å². The molecule has 3 N–H and O–H groups in total. The van der Waals surface area contributed by atoms with Crippen LogP contribution in [0.15, 0.2) is 36.5 Å². The van der Waals surface area contributed by atoms with Crippen LogP contribution in [-0.4, -0.2) is 96.5 Å². The van der Waals surface area contributed by atoms with Crippen LogP contribution < -0.4 is 20.1 Å². The van der Waals surface area contributed by atoms with Gasteiger partial charge in [0.2, 0.25) is 27.7 Å². The van der Waals surface area contributed by atoms with Crippen molar-refractivity contribution in [1.29, 1.82) is 0 Å². The van der Waals surface area contributed by atoms with E-state index in [0.29, 0.717) is 38.2 Å². The molecule has 4 amide bonds.